The molecule has 1 aromatic heterocycles. The van der Waals surface area contributed by atoms with Gasteiger partial charge in [-0.2, -0.15) is 4.31 Å². The first-order valence-corrected chi connectivity index (χ1v) is 15.3. The lowest BCUT2D eigenvalue weighted by atomic mass is 10.0. The minimum absolute atomic E-state index is 0.00896. The van der Waals surface area contributed by atoms with E-state index in [0.717, 1.165) is 5.56 Å². The van der Waals surface area contributed by atoms with Gasteiger partial charge in [0, 0.05) is 57.1 Å². The Hall–Kier alpha value is -3.80. The van der Waals surface area contributed by atoms with Crippen LogP contribution in [0, 0.1) is 5.92 Å². The maximum Gasteiger partial charge on any atom is 0.253 e. The Kier molecular flexibility index (Phi) is 9.65. The van der Waals surface area contributed by atoms with Gasteiger partial charge < -0.3 is 19.6 Å². The van der Waals surface area contributed by atoms with Crippen LogP contribution >= 0.6 is 0 Å². The molecule has 224 valence electrons. The number of nitrogens with zero attached hydrogens (tertiary/aromatic N) is 4. The van der Waals surface area contributed by atoms with Crippen LogP contribution < -0.4 is 4.74 Å². The predicted molar refractivity (Wildman–Crippen MR) is 159 cm³/mol. The second-order valence-electron chi connectivity index (χ2n) is 11.0. The maximum absolute atomic E-state index is 13.8. The molecule has 2 heterocycles. The first-order valence-electron chi connectivity index (χ1n) is 13.8. The van der Waals surface area contributed by atoms with Gasteiger partial charge in [0.05, 0.1) is 19.6 Å². The number of aliphatic hydroxyl groups is 1. The van der Waals surface area contributed by atoms with Crippen molar-refractivity contribution in [2.75, 3.05) is 40.8 Å². The van der Waals surface area contributed by atoms with Crippen molar-refractivity contribution in [3.63, 3.8) is 0 Å². The van der Waals surface area contributed by atoms with E-state index < -0.39 is 22.2 Å². The van der Waals surface area contributed by atoms with Crippen LogP contribution in [0.4, 0.5) is 0 Å². The lowest BCUT2D eigenvalue weighted by Gasteiger charge is -2.37. The minimum atomic E-state index is -4.01. The van der Waals surface area contributed by atoms with E-state index >= 15 is 0 Å². The molecule has 2 aromatic carbocycles. The number of aromatic nitrogens is 1. The van der Waals surface area contributed by atoms with Crippen molar-refractivity contribution in [2.45, 2.75) is 37.3 Å². The number of hydrogen-bond acceptors (Lipinski definition) is 7. The molecule has 3 aromatic rings. The molecule has 0 spiro atoms. The quantitative estimate of drug-likeness (QED) is 0.426. The highest BCUT2D eigenvalue weighted by atomic mass is 32.2. The Morgan fingerprint density at radius 2 is 1.76 bits per heavy atom. The average Bonchev–Trinajstić information content (AvgIpc) is 2.98. The highest BCUT2D eigenvalue weighted by Gasteiger charge is 2.38. The predicted octanol–water partition coefficient (Wildman–Crippen LogP) is 2.92. The van der Waals surface area contributed by atoms with Crippen LogP contribution in [0.25, 0.3) is 11.1 Å². The first kappa shape index (κ1) is 31.1. The summed E-state index contributed by atoms with van der Waals surface area (Å²) < 4.78 is 35.4. The number of carbonyl (C=O) groups excluding carboxylic acids is 2. The lowest BCUT2D eigenvalue weighted by molar-refractivity contribution is -0.130. The van der Waals surface area contributed by atoms with Crippen LogP contribution in [-0.2, 0) is 21.2 Å². The van der Waals surface area contributed by atoms with E-state index in [1.165, 1.54) is 15.3 Å². The van der Waals surface area contributed by atoms with Crippen molar-refractivity contribution >= 4 is 21.8 Å². The summed E-state index contributed by atoms with van der Waals surface area (Å²) in [4.78, 5) is 32.7. The van der Waals surface area contributed by atoms with Gasteiger partial charge in [-0.3, -0.25) is 14.6 Å². The van der Waals surface area contributed by atoms with Crippen LogP contribution in [0.3, 0.4) is 0 Å². The van der Waals surface area contributed by atoms with E-state index in [9.17, 15) is 23.1 Å². The molecule has 0 saturated heterocycles. The van der Waals surface area contributed by atoms with Crippen molar-refractivity contribution in [1.29, 1.82) is 0 Å². The summed E-state index contributed by atoms with van der Waals surface area (Å²) in [6, 6.07) is 16.7. The first-order chi connectivity index (χ1) is 19.9. The molecule has 1 aliphatic heterocycles. The van der Waals surface area contributed by atoms with Gasteiger partial charge in [-0.25, -0.2) is 8.42 Å². The number of carbonyl (C=O) groups is 2. The van der Waals surface area contributed by atoms with E-state index in [1.807, 2.05) is 13.0 Å². The molecule has 0 bridgehead atoms. The molecule has 0 aliphatic carbocycles. The number of hydrogen-bond donors (Lipinski definition) is 1. The third-order valence-corrected chi connectivity index (χ3v) is 9.50. The van der Waals surface area contributed by atoms with Crippen LogP contribution in [0.2, 0.25) is 0 Å². The molecule has 10 nitrogen and oxygen atoms in total. The number of likely N-dealkylation sites (N-methyl/N-ethyl adjacent to an activating group) is 1. The molecule has 0 unspecified atom stereocenters. The topological polar surface area (TPSA) is 120 Å². The molecular weight excluding hydrogens is 556 g/mol. The number of benzene rings is 2. The summed E-state index contributed by atoms with van der Waals surface area (Å²) in [5.74, 6) is -0.405. The molecule has 11 heteroatoms. The van der Waals surface area contributed by atoms with Crippen molar-refractivity contribution in [3.05, 3.63) is 78.1 Å². The van der Waals surface area contributed by atoms with Crippen LogP contribution in [-0.4, -0.2) is 97.4 Å². The van der Waals surface area contributed by atoms with Crippen molar-refractivity contribution in [1.82, 2.24) is 19.1 Å². The smallest absolute Gasteiger partial charge is 0.253 e. The van der Waals surface area contributed by atoms with E-state index in [0.29, 0.717) is 16.8 Å². The third-order valence-electron chi connectivity index (χ3n) is 7.48. The molecule has 0 fully saturated rings. The van der Waals surface area contributed by atoms with E-state index in [2.05, 4.69) is 4.98 Å². The van der Waals surface area contributed by atoms with Gasteiger partial charge in [0.1, 0.15) is 16.7 Å². The second-order valence-corrected chi connectivity index (χ2v) is 12.8. The van der Waals surface area contributed by atoms with E-state index in [4.69, 9.17) is 4.74 Å². The Morgan fingerprint density at radius 3 is 2.38 bits per heavy atom. The highest BCUT2D eigenvalue weighted by Crippen LogP contribution is 2.36. The molecule has 0 radical (unpaired) electrons. The van der Waals surface area contributed by atoms with Crippen LogP contribution in [0.15, 0.2) is 71.8 Å². The fourth-order valence-corrected chi connectivity index (χ4v) is 6.68. The maximum atomic E-state index is 13.8. The monoisotopic (exact) mass is 594 g/mol. The molecule has 0 saturated carbocycles. The summed E-state index contributed by atoms with van der Waals surface area (Å²) in [5, 5.41) is 9.91. The zero-order valence-corrected chi connectivity index (χ0v) is 25.4. The van der Waals surface area contributed by atoms with Gasteiger partial charge in [-0.15, -0.1) is 0 Å². The molecule has 2 amide bonds. The lowest BCUT2D eigenvalue weighted by Crippen LogP contribution is -2.50. The van der Waals surface area contributed by atoms with Crippen molar-refractivity contribution in [2.24, 2.45) is 5.92 Å². The van der Waals surface area contributed by atoms with Crippen LogP contribution in [0.1, 0.15) is 29.9 Å². The number of pyridine rings is 1. The number of aliphatic hydroxyl groups excluding tert-OH is 1. The standard InChI is InChI=1S/C31H38N4O6S/c1-21-18-35(22(2)20-36)42(39,40)29-14-13-25(23-9-11-24(12-10-23)31(38)33(3)4)16-27(29)41-28(21)19-34(5)30(37)17-26-8-6-7-15-32-26/h6-16,21-22,28,36H,17-20H2,1-5H3/t21-,22+,28+/m0/s1. The normalized spacial score (nSPS) is 19.0. The second kappa shape index (κ2) is 13.0. The zero-order chi connectivity index (χ0) is 30.6. The number of sulfonamides is 1. The molecule has 1 aliphatic rings. The number of amides is 2. The van der Waals surface area contributed by atoms with Crippen molar-refractivity contribution < 1.29 is 27.9 Å². The Labute approximate surface area is 247 Å². The average molecular weight is 595 g/mol. The summed E-state index contributed by atoms with van der Waals surface area (Å²) in [5.41, 5.74) is 2.68. The minimum Gasteiger partial charge on any atom is -0.487 e. The molecule has 1 N–H and O–H groups in total. The number of rotatable bonds is 8. The van der Waals surface area contributed by atoms with Gasteiger partial charge >= 0.3 is 0 Å². The largest absolute Gasteiger partial charge is 0.487 e. The molecule has 4 rings (SSSR count). The fourth-order valence-electron chi connectivity index (χ4n) is 4.85. The summed E-state index contributed by atoms with van der Waals surface area (Å²) >= 11 is 0. The molecular formula is C31H38N4O6S. The number of ether oxygens (including phenoxy) is 1. The molecule has 42 heavy (non-hydrogen) atoms. The Bertz CT molecular complexity index is 1510. The van der Waals surface area contributed by atoms with Gasteiger partial charge in [-0.1, -0.05) is 31.2 Å². The van der Waals surface area contributed by atoms with Gasteiger partial charge in [-0.05, 0) is 54.4 Å². The van der Waals surface area contributed by atoms with Gasteiger partial charge in [0.25, 0.3) is 5.91 Å². The summed E-state index contributed by atoms with van der Waals surface area (Å²) in [7, 11) is 1.05. The highest BCUT2D eigenvalue weighted by molar-refractivity contribution is 7.89. The summed E-state index contributed by atoms with van der Waals surface area (Å²) in [6.07, 6.45) is 1.23. The van der Waals surface area contributed by atoms with Gasteiger partial charge in [0.15, 0.2) is 0 Å². The van der Waals surface area contributed by atoms with Crippen LogP contribution in [0.5, 0.6) is 5.75 Å². The molecule has 3 atom stereocenters. The van der Waals surface area contributed by atoms with E-state index in [-0.39, 0.29) is 54.5 Å². The zero-order valence-electron chi connectivity index (χ0n) is 24.6. The third kappa shape index (κ3) is 6.80. The Morgan fingerprint density at radius 1 is 1.07 bits per heavy atom. The Balaban J connectivity index is 1.69. The van der Waals surface area contributed by atoms with E-state index in [1.54, 1.807) is 87.7 Å². The fraction of sp³-hybridized carbons (Fsp3) is 0.387. The SMILES string of the molecule is C[C@H](CO)N1C[C@H](C)[C@@H](CN(C)C(=O)Cc2ccccn2)Oc2cc(-c3ccc(C(=O)N(C)C)cc3)ccc2S1(=O)=O. The van der Waals surface area contributed by atoms with Gasteiger partial charge in [0.2, 0.25) is 15.9 Å². The van der Waals surface area contributed by atoms with Crippen molar-refractivity contribution in [3.8, 4) is 16.9 Å². The summed E-state index contributed by atoms with van der Waals surface area (Å²) in [6.45, 7) is 3.53. The number of fused-ring (bicyclic) bond motifs is 1.